The normalized spacial score (nSPS) is 21.2. The summed E-state index contributed by atoms with van der Waals surface area (Å²) in [7, 11) is 0. The van der Waals surface area contributed by atoms with Crippen molar-refractivity contribution in [3.63, 3.8) is 0 Å². The summed E-state index contributed by atoms with van der Waals surface area (Å²) in [5.74, 6) is 0.207. The van der Waals surface area contributed by atoms with Gasteiger partial charge in [0.15, 0.2) is 0 Å². The second-order valence-electron chi connectivity index (χ2n) is 8.01. The summed E-state index contributed by atoms with van der Waals surface area (Å²) in [6.07, 6.45) is 9.31. The summed E-state index contributed by atoms with van der Waals surface area (Å²) in [4.78, 5) is 14.8. The van der Waals surface area contributed by atoms with E-state index >= 15 is 0 Å². The quantitative estimate of drug-likeness (QED) is 0.768. The van der Waals surface area contributed by atoms with Gasteiger partial charge < -0.3 is 10.1 Å². The molecular weight excluding hydrogens is 324 g/mol. The van der Waals surface area contributed by atoms with E-state index in [0.29, 0.717) is 18.6 Å². The van der Waals surface area contributed by atoms with Gasteiger partial charge >= 0.3 is 0 Å². The lowest BCUT2D eigenvalue weighted by Crippen LogP contribution is -2.39. The zero-order valence-electron chi connectivity index (χ0n) is 16.2. The van der Waals surface area contributed by atoms with Gasteiger partial charge in [0.05, 0.1) is 6.10 Å². The van der Waals surface area contributed by atoms with Crippen LogP contribution in [0.25, 0.3) is 0 Å². The van der Waals surface area contributed by atoms with Crippen LogP contribution in [0.3, 0.4) is 0 Å². The van der Waals surface area contributed by atoms with E-state index in [4.69, 9.17) is 4.74 Å². The summed E-state index contributed by atoms with van der Waals surface area (Å²) in [5.41, 5.74) is 2.60. The molecule has 0 spiro atoms. The number of benzene rings is 1. The van der Waals surface area contributed by atoms with E-state index in [1.165, 1.54) is 30.4 Å². The minimum absolute atomic E-state index is 0.207. The summed E-state index contributed by atoms with van der Waals surface area (Å²) >= 11 is 0. The van der Waals surface area contributed by atoms with Gasteiger partial charge in [0.1, 0.15) is 0 Å². The van der Waals surface area contributed by atoms with Gasteiger partial charge in [-0.05, 0) is 38.2 Å². The van der Waals surface area contributed by atoms with Crippen LogP contribution >= 0.6 is 0 Å². The van der Waals surface area contributed by atoms with Crippen molar-refractivity contribution in [2.45, 2.75) is 77.0 Å². The summed E-state index contributed by atoms with van der Waals surface area (Å²) in [5, 5.41) is 3.24. The van der Waals surface area contributed by atoms with Crippen LogP contribution in [0.1, 0.15) is 62.5 Å². The molecule has 1 aliphatic carbocycles. The van der Waals surface area contributed by atoms with Crippen molar-refractivity contribution in [2.24, 2.45) is 0 Å². The molecule has 1 N–H and O–H groups in total. The molecule has 0 radical (unpaired) electrons. The van der Waals surface area contributed by atoms with E-state index < -0.39 is 0 Å². The van der Waals surface area contributed by atoms with E-state index in [9.17, 15) is 4.79 Å². The number of carbonyl (C=O) groups is 1. The number of hydrogen-bond donors (Lipinski definition) is 1. The van der Waals surface area contributed by atoms with Gasteiger partial charge in [-0.3, -0.25) is 9.69 Å². The second-order valence-corrected chi connectivity index (χ2v) is 8.01. The Kier molecular flexibility index (Phi) is 7.51. The number of nitrogens with zero attached hydrogens (tertiary/aromatic N) is 1. The summed E-state index contributed by atoms with van der Waals surface area (Å²) in [6, 6.07) is 9.07. The highest BCUT2D eigenvalue weighted by Gasteiger charge is 2.21. The van der Waals surface area contributed by atoms with Gasteiger partial charge in [0.2, 0.25) is 5.91 Å². The van der Waals surface area contributed by atoms with Crippen molar-refractivity contribution in [3.05, 3.63) is 35.4 Å². The molecule has 1 aromatic rings. The molecule has 1 aromatic carbocycles. The minimum Gasteiger partial charge on any atom is -0.377 e. The zero-order chi connectivity index (χ0) is 18.2. The predicted octanol–water partition coefficient (Wildman–Crippen LogP) is 3.82. The van der Waals surface area contributed by atoms with Crippen LogP contribution < -0.4 is 5.32 Å². The zero-order valence-corrected chi connectivity index (χ0v) is 16.2. The Balaban J connectivity index is 1.51. The fourth-order valence-corrected chi connectivity index (χ4v) is 4.19. The van der Waals surface area contributed by atoms with Crippen LogP contribution in [0.2, 0.25) is 0 Å². The molecule has 2 aliphatic rings. The molecule has 0 unspecified atom stereocenters. The summed E-state index contributed by atoms with van der Waals surface area (Å²) in [6.45, 7) is 5.62. The SMILES string of the molecule is Cc1cccc(CN(CCC(=O)NC2CCCCC2)C[C@@H]2CCCO2)c1. The molecule has 26 heavy (non-hydrogen) atoms. The fraction of sp³-hybridized carbons (Fsp3) is 0.682. The van der Waals surface area contributed by atoms with Gasteiger partial charge in [0.25, 0.3) is 0 Å². The number of carbonyl (C=O) groups excluding carboxylic acids is 1. The molecular formula is C22H34N2O2. The van der Waals surface area contributed by atoms with Crippen LogP contribution in [0.15, 0.2) is 24.3 Å². The third-order valence-corrected chi connectivity index (χ3v) is 5.60. The maximum atomic E-state index is 12.4. The largest absolute Gasteiger partial charge is 0.377 e. The van der Waals surface area contributed by atoms with Crippen LogP contribution in [0.4, 0.5) is 0 Å². The molecule has 0 aromatic heterocycles. The number of aryl methyl sites for hydroxylation is 1. The van der Waals surface area contributed by atoms with Gasteiger partial charge in [-0.25, -0.2) is 0 Å². The Hall–Kier alpha value is -1.39. The topological polar surface area (TPSA) is 41.6 Å². The number of ether oxygens (including phenoxy) is 1. The Morgan fingerprint density at radius 1 is 1.19 bits per heavy atom. The molecule has 4 heteroatoms. The van der Waals surface area contributed by atoms with Crippen molar-refractivity contribution in [3.8, 4) is 0 Å². The van der Waals surface area contributed by atoms with E-state index in [0.717, 1.165) is 51.9 Å². The lowest BCUT2D eigenvalue weighted by Gasteiger charge is -2.26. The molecule has 1 heterocycles. The molecule has 1 saturated heterocycles. The van der Waals surface area contributed by atoms with Gasteiger partial charge in [-0.2, -0.15) is 0 Å². The third-order valence-electron chi connectivity index (χ3n) is 5.60. The van der Waals surface area contributed by atoms with Crippen LogP contribution in [-0.4, -0.2) is 42.6 Å². The Morgan fingerprint density at radius 2 is 2.04 bits per heavy atom. The van der Waals surface area contributed by atoms with Crippen molar-refractivity contribution in [2.75, 3.05) is 19.7 Å². The van der Waals surface area contributed by atoms with Gasteiger partial charge in [-0.1, -0.05) is 49.1 Å². The molecule has 2 fully saturated rings. The highest BCUT2D eigenvalue weighted by atomic mass is 16.5. The Bertz CT molecular complexity index is 563. The molecule has 1 amide bonds. The fourth-order valence-electron chi connectivity index (χ4n) is 4.19. The maximum absolute atomic E-state index is 12.4. The van der Waals surface area contributed by atoms with Gasteiger partial charge in [0, 0.05) is 38.7 Å². The smallest absolute Gasteiger partial charge is 0.221 e. The second kappa shape index (κ2) is 10.1. The van der Waals surface area contributed by atoms with Crippen molar-refractivity contribution < 1.29 is 9.53 Å². The molecule has 1 aliphatic heterocycles. The van der Waals surface area contributed by atoms with Crippen LogP contribution in [-0.2, 0) is 16.1 Å². The first-order valence-corrected chi connectivity index (χ1v) is 10.4. The molecule has 0 bridgehead atoms. The Morgan fingerprint density at radius 3 is 2.77 bits per heavy atom. The first-order valence-electron chi connectivity index (χ1n) is 10.4. The van der Waals surface area contributed by atoms with Gasteiger partial charge in [-0.15, -0.1) is 0 Å². The predicted molar refractivity (Wildman–Crippen MR) is 105 cm³/mol. The van der Waals surface area contributed by atoms with E-state index in [2.05, 4.69) is 41.4 Å². The van der Waals surface area contributed by atoms with E-state index in [1.54, 1.807) is 0 Å². The minimum atomic E-state index is 0.207. The first kappa shape index (κ1) is 19.4. The third kappa shape index (κ3) is 6.40. The number of rotatable bonds is 8. The van der Waals surface area contributed by atoms with Crippen LogP contribution in [0.5, 0.6) is 0 Å². The molecule has 4 nitrogen and oxygen atoms in total. The molecule has 144 valence electrons. The lowest BCUT2D eigenvalue weighted by atomic mass is 9.95. The first-order chi connectivity index (χ1) is 12.7. The lowest BCUT2D eigenvalue weighted by molar-refractivity contribution is -0.122. The van der Waals surface area contributed by atoms with Crippen LogP contribution in [0, 0.1) is 6.92 Å². The average molecular weight is 359 g/mol. The molecule has 1 saturated carbocycles. The standard InChI is InChI=1S/C22H34N2O2/c1-18-7-5-8-19(15-18)16-24(17-21-11-6-14-26-21)13-12-22(25)23-20-9-3-2-4-10-20/h5,7-8,15,20-21H,2-4,6,9-14,16-17H2,1H3,(H,23,25)/t21-/m0/s1. The number of hydrogen-bond acceptors (Lipinski definition) is 3. The maximum Gasteiger partial charge on any atom is 0.221 e. The molecule has 1 atom stereocenters. The summed E-state index contributed by atoms with van der Waals surface area (Å²) < 4.78 is 5.83. The van der Waals surface area contributed by atoms with Crippen molar-refractivity contribution in [1.29, 1.82) is 0 Å². The monoisotopic (exact) mass is 358 g/mol. The number of nitrogens with one attached hydrogen (secondary N) is 1. The van der Waals surface area contributed by atoms with Crippen molar-refractivity contribution >= 4 is 5.91 Å². The highest BCUT2D eigenvalue weighted by molar-refractivity contribution is 5.76. The van der Waals surface area contributed by atoms with E-state index in [-0.39, 0.29) is 5.91 Å². The molecule has 3 rings (SSSR count). The Labute approximate surface area is 158 Å². The number of amides is 1. The average Bonchev–Trinajstić information content (AvgIpc) is 3.14. The van der Waals surface area contributed by atoms with E-state index in [1.807, 2.05) is 0 Å². The van der Waals surface area contributed by atoms with Crippen molar-refractivity contribution in [1.82, 2.24) is 10.2 Å². The highest BCUT2D eigenvalue weighted by Crippen LogP contribution is 2.18.